The van der Waals surface area contributed by atoms with Gasteiger partial charge in [0.1, 0.15) is 0 Å². The molecule has 0 radical (unpaired) electrons. The Kier molecular flexibility index (Phi) is 4.24. The van der Waals surface area contributed by atoms with Gasteiger partial charge in [-0.1, -0.05) is 0 Å². The third-order valence-corrected chi connectivity index (χ3v) is 4.43. The Morgan fingerprint density at radius 1 is 1.21 bits per heavy atom. The van der Waals surface area contributed by atoms with Crippen LogP contribution in [0.15, 0.2) is 27.8 Å². The Bertz CT molecular complexity index is 387. The summed E-state index contributed by atoms with van der Waals surface area (Å²) in [5.74, 6) is 0.00758. The number of rotatable bonds is 2. The molecule has 0 saturated carbocycles. The van der Waals surface area contributed by atoms with Crippen molar-refractivity contribution in [1.82, 2.24) is 0 Å². The molecule has 1 rings (SSSR count). The van der Waals surface area contributed by atoms with E-state index in [0.29, 0.717) is 11.3 Å². The van der Waals surface area contributed by atoms with Crippen LogP contribution in [0.1, 0.15) is 17.3 Å². The third-order valence-electron chi connectivity index (χ3n) is 1.47. The first kappa shape index (κ1) is 12.3. The molecule has 0 atom stereocenters. The van der Waals surface area contributed by atoms with Crippen molar-refractivity contribution in [2.24, 2.45) is 3.57 Å². The first-order valence-corrected chi connectivity index (χ1v) is 14.9. The quantitative estimate of drug-likeness (QED) is 0.649. The second-order valence-electron chi connectivity index (χ2n) is 2.54. The van der Waals surface area contributed by atoms with Crippen LogP contribution in [0.2, 0.25) is 0 Å². The van der Waals surface area contributed by atoms with Crippen LogP contribution in [0.5, 0.6) is 0 Å². The summed E-state index contributed by atoms with van der Waals surface area (Å²) in [5, 5.41) is 0. The van der Waals surface area contributed by atoms with Crippen molar-refractivity contribution in [3.63, 3.8) is 0 Å². The Hall–Kier alpha value is 0.222. The van der Waals surface area contributed by atoms with E-state index < -0.39 is 12.3 Å². The van der Waals surface area contributed by atoms with Crippen molar-refractivity contribution in [2.45, 2.75) is 6.92 Å². The Morgan fingerprint density at radius 3 is 2.07 bits per heavy atom. The van der Waals surface area contributed by atoms with Gasteiger partial charge in [-0.2, -0.15) is 0 Å². The van der Waals surface area contributed by atoms with Gasteiger partial charge in [0.05, 0.1) is 0 Å². The van der Waals surface area contributed by atoms with E-state index >= 15 is 0 Å². The van der Waals surface area contributed by atoms with E-state index in [1.54, 1.807) is 24.3 Å². The van der Waals surface area contributed by atoms with E-state index in [9.17, 15) is 4.79 Å². The standard InChI is InChI=1S/C8H7NO.3ClH.Re/c1-6(10)7-2-4-8(9)5-3-7;;;;/h2-5H,1H3;3*1H;/q;;;;+3/p-3. The molecule has 0 aliphatic heterocycles. The number of hydrogen-bond acceptors (Lipinski definition) is 2. The summed E-state index contributed by atoms with van der Waals surface area (Å²) >= 11 is -3.58. The number of halogens is 3. The number of hydrogen-bond donors (Lipinski definition) is 0. The van der Waals surface area contributed by atoms with Gasteiger partial charge in [0.15, 0.2) is 0 Å². The molecule has 0 spiro atoms. The Labute approximate surface area is 97.0 Å². The molecule has 2 nitrogen and oxygen atoms in total. The average Bonchev–Trinajstić information content (AvgIpc) is 2.02. The molecule has 0 aliphatic carbocycles. The summed E-state index contributed by atoms with van der Waals surface area (Å²) in [6.07, 6.45) is 0. The summed E-state index contributed by atoms with van der Waals surface area (Å²) in [6, 6.07) is 6.69. The fraction of sp³-hybridized carbons (Fsp3) is 0.125. The van der Waals surface area contributed by atoms with Crippen molar-refractivity contribution < 1.29 is 17.1 Å². The van der Waals surface area contributed by atoms with Gasteiger partial charge < -0.3 is 0 Å². The molecule has 0 fully saturated rings. The van der Waals surface area contributed by atoms with Gasteiger partial charge in [0, 0.05) is 0 Å². The summed E-state index contributed by atoms with van der Waals surface area (Å²) in [4.78, 5) is 10.9. The predicted molar refractivity (Wildman–Crippen MR) is 56.1 cm³/mol. The number of carbonyl (C=O) groups excluding carboxylic acids is 1. The van der Waals surface area contributed by atoms with Gasteiger partial charge in [-0.05, 0) is 0 Å². The van der Waals surface area contributed by atoms with Crippen LogP contribution in [0.25, 0.3) is 0 Å². The van der Waals surface area contributed by atoms with E-state index in [2.05, 4.69) is 3.57 Å². The minimum atomic E-state index is -3.58. The number of nitrogens with zero attached hydrogens (tertiary/aromatic N) is 1. The fourth-order valence-electron chi connectivity index (χ4n) is 0.863. The number of Topliss-reactive ketones (excluding diaryl/α,β-unsaturated/α-hetero) is 1. The second-order valence-corrected chi connectivity index (χ2v) is 19.4. The van der Waals surface area contributed by atoms with Crippen molar-refractivity contribution in [2.75, 3.05) is 0 Å². The number of benzene rings is 1. The van der Waals surface area contributed by atoms with Crippen LogP contribution in [-0.2, 0) is 12.3 Å². The molecule has 0 aromatic heterocycles. The zero-order valence-corrected chi connectivity index (χ0v) is 12.2. The SMILES string of the molecule is CC(=O)c1ccc([N]=[Re]([Cl])([Cl])[Cl])cc1. The third kappa shape index (κ3) is 4.17. The molecule has 0 saturated heterocycles. The molecule has 6 heteroatoms. The Morgan fingerprint density at radius 2 is 1.71 bits per heavy atom. The zero-order chi connectivity index (χ0) is 10.8. The molecule has 0 heterocycles. The molecule has 0 unspecified atom stereocenters. The molecule has 78 valence electrons. The molecular formula is C8H7Cl3NORe. The van der Waals surface area contributed by atoms with Crippen LogP contribution >= 0.6 is 28.6 Å². The van der Waals surface area contributed by atoms with E-state index in [1.807, 2.05) is 0 Å². The second kappa shape index (κ2) is 4.83. The van der Waals surface area contributed by atoms with Crippen molar-refractivity contribution in [1.29, 1.82) is 0 Å². The van der Waals surface area contributed by atoms with E-state index in [-0.39, 0.29) is 5.78 Å². The summed E-state index contributed by atoms with van der Waals surface area (Å²) < 4.78 is 3.98. The summed E-state index contributed by atoms with van der Waals surface area (Å²) in [5.41, 5.74) is 1.24. The van der Waals surface area contributed by atoms with E-state index in [0.717, 1.165) is 0 Å². The predicted octanol–water partition coefficient (Wildman–Crippen LogP) is 4.32. The van der Waals surface area contributed by atoms with E-state index in [1.165, 1.54) is 6.92 Å². The van der Waals surface area contributed by atoms with E-state index in [4.69, 9.17) is 28.6 Å². The van der Waals surface area contributed by atoms with Crippen LogP contribution in [0, 0.1) is 0 Å². The van der Waals surface area contributed by atoms with Gasteiger partial charge >= 0.3 is 97.5 Å². The van der Waals surface area contributed by atoms with Crippen LogP contribution < -0.4 is 0 Å². The number of carbonyl (C=O) groups is 1. The van der Waals surface area contributed by atoms with Gasteiger partial charge in [0.2, 0.25) is 0 Å². The van der Waals surface area contributed by atoms with Crippen molar-refractivity contribution in [3.8, 4) is 0 Å². The van der Waals surface area contributed by atoms with Gasteiger partial charge in [-0.3, -0.25) is 0 Å². The number of ketones is 1. The van der Waals surface area contributed by atoms with Crippen LogP contribution in [0.4, 0.5) is 5.69 Å². The maximum absolute atomic E-state index is 10.9. The van der Waals surface area contributed by atoms with Gasteiger partial charge in [-0.15, -0.1) is 0 Å². The molecule has 0 aliphatic rings. The van der Waals surface area contributed by atoms with Crippen LogP contribution in [0.3, 0.4) is 0 Å². The fourth-order valence-corrected chi connectivity index (χ4v) is 3.87. The van der Waals surface area contributed by atoms with Crippen molar-refractivity contribution in [3.05, 3.63) is 29.8 Å². The molecular weight excluding hydrogens is 419 g/mol. The molecule has 0 amide bonds. The maximum atomic E-state index is 10.9. The Balaban J connectivity index is 3.01. The summed E-state index contributed by atoms with van der Waals surface area (Å²) in [6.45, 7) is 1.50. The molecule has 0 bridgehead atoms. The molecule has 1 aromatic rings. The van der Waals surface area contributed by atoms with Crippen LogP contribution in [-0.4, -0.2) is 5.78 Å². The molecule has 0 N–H and O–H groups in total. The van der Waals surface area contributed by atoms with Crippen molar-refractivity contribution >= 4 is 40.1 Å². The summed E-state index contributed by atoms with van der Waals surface area (Å²) in [7, 11) is 17.0. The minimum absolute atomic E-state index is 0.00758. The molecule has 14 heavy (non-hydrogen) atoms. The van der Waals surface area contributed by atoms with Gasteiger partial charge in [-0.25, -0.2) is 0 Å². The first-order chi connectivity index (χ1) is 6.38. The molecule has 1 aromatic carbocycles. The van der Waals surface area contributed by atoms with Gasteiger partial charge in [0.25, 0.3) is 0 Å². The zero-order valence-electron chi connectivity index (χ0n) is 7.18. The normalized spacial score (nSPS) is 12.3. The topological polar surface area (TPSA) is 29.4 Å². The monoisotopic (exact) mass is 425 g/mol. The first-order valence-electron chi connectivity index (χ1n) is 3.60. The average molecular weight is 426 g/mol.